The molecule has 0 N–H and O–H groups in total. The van der Waals surface area contributed by atoms with Crippen LogP contribution in [0.25, 0.3) is 11.5 Å². The van der Waals surface area contributed by atoms with Crippen LogP contribution in [0.1, 0.15) is 24.3 Å². The van der Waals surface area contributed by atoms with E-state index in [0.717, 1.165) is 30.1 Å². The minimum absolute atomic E-state index is 0.513. The van der Waals surface area contributed by atoms with E-state index in [0.29, 0.717) is 36.8 Å². The van der Waals surface area contributed by atoms with E-state index in [1.54, 1.807) is 14.2 Å². The third kappa shape index (κ3) is 3.53. The first kappa shape index (κ1) is 16.8. The molecule has 1 aromatic carbocycles. The van der Waals surface area contributed by atoms with Gasteiger partial charge < -0.3 is 13.9 Å². The van der Waals surface area contributed by atoms with Gasteiger partial charge in [0.25, 0.3) is 0 Å². The Balaban J connectivity index is 1.83. The Kier molecular flexibility index (Phi) is 5.04. The smallest absolute Gasteiger partial charge is 0.230 e. The van der Waals surface area contributed by atoms with Crippen molar-refractivity contribution in [3.8, 4) is 23.0 Å². The summed E-state index contributed by atoms with van der Waals surface area (Å²) in [7, 11) is 3.23. The van der Waals surface area contributed by atoms with Crippen LogP contribution >= 0.6 is 0 Å². The first-order chi connectivity index (χ1) is 11.6. The van der Waals surface area contributed by atoms with Crippen molar-refractivity contribution in [1.82, 2.24) is 9.88 Å². The number of ether oxygens (including phenoxy) is 2. The van der Waals surface area contributed by atoms with Crippen molar-refractivity contribution in [2.24, 2.45) is 0 Å². The third-order valence-electron chi connectivity index (χ3n) is 4.42. The van der Waals surface area contributed by atoms with Crippen LogP contribution in [0.4, 0.5) is 4.39 Å². The fourth-order valence-corrected chi connectivity index (χ4v) is 2.94. The zero-order chi connectivity index (χ0) is 17.1. The number of hydrogen-bond donors (Lipinski definition) is 0. The molecule has 0 radical (unpaired) electrons. The van der Waals surface area contributed by atoms with Crippen LogP contribution in [0, 0.1) is 6.92 Å². The number of likely N-dealkylation sites (tertiary alicyclic amines) is 1. The van der Waals surface area contributed by atoms with Gasteiger partial charge in [-0.2, -0.15) is 0 Å². The van der Waals surface area contributed by atoms with Gasteiger partial charge in [-0.05, 0) is 38.0 Å². The number of aryl methyl sites for hydroxylation is 1. The van der Waals surface area contributed by atoms with E-state index in [1.165, 1.54) is 0 Å². The summed E-state index contributed by atoms with van der Waals surface area (Å²) >= 11 is 0. The molecule has 0 amide bonds. The predicted octanol–water partition coefficient (Wildman–Crippen LogP) is 3.60. The average Bonchev–Trinajstić information content (AvgIpc) is 2.97. The van der Waals surface area contributed by atoms with E-state index >= 15 is 0 Å². The summed E-state index contributed by atoms with van der Waals surface area (Å²) in [4.78, 5) is 6.86. The summed E-state index contributed by atoms with van der Waals surface area (Å²) in [6, 6.07) is 5.52. The van der Waals surface area contributed by atoms with Crippen LogP contribution in [0.5, 0.6) is 11.5 Å². The van der Waals surface area contributed by atoms with E-state index in [2.05, 4.69) is 9.88 Å². The Morgan fingerprint density at radius 3 is 2.67 bits per heavy atom. The van der Waals surface area contributed by atoms with E-state index in [-0.39, 0.29) is 0 Å². The molecule has 1 fully saturated rings. The van der Waals surface area contributed by atoms with E-state index in [4.69, 9.17) is 13.9 Å². The first-order valence-corrected chi connectivity index (χ1v) is 8.16. The fourth-order valence-electron chi connectivity index (χ4n) is 2.94. The summed E-state index contributed by atoms with van der Waals surface area (Å²) in [5.41, 5.74) is 1.64. The molecule has 1 aromatic heterocycles. The van der Waals surface area contributed by atoms with Crippen molar-refractivity contribution >= 4 is 0 Å². The molecule has 5 nitrogen and oxygen atoms in total. The molecule has 130 valence electrons. The van der Waals surface area contributed by atoms with Gasteiger partial charge in [0.05, 0.1) is 25.5 Å². The van der Waals surface area contributed by atoms with Gasteiger partial charge in [0.2, 0.25) is 5.89 Å². The van der Waals surface area contributed by atoms with Crippen molar-refractivity contribution in [3.63, 3.8) is 0 Å². The number of methoxy groups -OCH3 is 2. The lowest BCUT2D eigenvalue weighted by Gasteiger charge is -2.27. The van der Waals surface area contributed by atoms with Gasteiger partial charge in [-0.1, -0.05) is 0 Å². The van der Waals surface area contributed by atoms with E-state index in [9.17, 15) is 4.39 Å². The standard InChI is InChI=1S/C18H23FN2O3/c1-12-16(11-21-8-6-13(19)7-9-21)20-18(24-12)15-10-14(22-2)4-5-17(15)23-3/h4-5,10,13H,6-9,11H2,1-3H3. The van der Waals surface area contributed by atoms with Crippen LogP contribution in [0.3, 0.4) is 0 Å². The monoisotopic (exact) mass is 334 g/mol. The quantitative estimate of drug-likeness (QED) is 0.836. The average molecular weight is 334 g/mol. The van der Waals surface area contributed by atoms with Crippen molar-refractivity contribution in [2.45, 2.75) is 32.5 Å². The Morgan fingerprint density at radius 2 is 2.00 bits per heavy atom. The highest BCUT2D eigenvalue weighted by Gasteiger charge is 2.22. The highest BCUT2D eigenvalue weighted by molar-refractivity contribution is 5.65. The molecule has 3 rings (SSSR count). The lowest BCUT2D eigenvalue weighted by molar-refractivity contribution is 0.144. The largest absolute Gasteiger partial charge is 0.497 e. The molecule has 0 aliphatic carbocycles. The summed E-state index contributed by atoms with van der Waals surface area (Å²) in [6.45, 7) is 4.09. The first-order valence-electron chi connectivity index (χ1n) is 8.16. The maximum Gasteiger partial charge on any atom is 0.230 e. The summed E-state index contributed by atoms with van der Waals surface area (Å²) < 4.78 is 29.8. The lowest BCUT2D eigenvalue weighted by atomic mass is 10.1. The molecule has 2 aromatic rings. The Hall–Kier alpha value is -2.08. The van der Waals surface area contributed by atoms with Crippen LogP contribution in [0.2, 0.25) is 0 Å². The number of benzene rings is 1. The van der Waals surface area contributed by atoms with Crippen molar-refractivity contribution < 1.29 is 18.3 Å². The maximum atomic E-state index is 13.3. The van der Waals surface area contributed by atoms with Crippen LogP contribution < -0.4 is 9.47 Å². The minimum atomic E-state index is -0.670. The van der Waals surface area contributed by atoms with Crippen LogP contribution in [-0.4, -0.2) is 43.4 Å². The molecule has 0 unspecified atom stereocenters. The fraction of sp³-hybridized carbons (Fsp3) is 0.500. The SMILES string of the molecule is COc1ccc(OC)c(-c2nc(CN3CCC(F)CC3)c(C)o2)c1. The summed E-state index contributed by atoms with van der Waals surface area (Å²) in [6.07, 6.45) is 0.511. The molecule has 24 heavy (non-hydrogen) atoms. The highest BCUT2D eigenvalue weighted by atomic mass is 19.1. The van der Waals surface area contributed by atoms with E-state index < -0.39 is 6.17 Å². The zero-order valence-corrected chi connectivity index (χ0v) is 14.3. The summed E-state index contributed by atoms with van der Waals surface area (Å²) in [5, 5.41) is 0. The van der Waals surface area contributed by atoms with Crippen LogP contribution in [-0.2, 0) is 6.54 Å². The van der Waals surface area contributed by atoms with Crippen molar-refractivity contribution in [2.75, 3.05) is 27.3 Å². The molecule has 0 bridgehead atoms. The highest BCUT2D eigenvalue weighted by Crippen LogP contribution is 2.34. The number of aromatic nitrogens is 1. The number of hydrogen-bond acceptors (Lipinski definition) is 5. The van der Waals surface area contributed by atoms with Crippen LogP contribution in [0.15, 0.2) is 22.6 Å². The molecule has 1 saturated heterocycles. The second-order valence-electron chi connectivity index (χ2n) is 6.04. The van der Waals surface area contributed by atoms with Gasteiger partial charge >= 0.3 is 0 Å². The number of rotatable bonds is 5. The Morgan fingerprint density at radius 1 is 1.25 bits per heavy atom. The molecule has 1 aliphatic heterocycles. The molecule has 0 spiro atoms. The molecular formula is C18H23FN2O3. The lowest BCUT2D eigenvalue weighted by Crippen LogP contribution is -2.34. The predicted molar refractivity (Wildman–Crippen MR) is 89.2 cm³/mol. The topological polar surface area (TPSA) is 47.7 Å². The number of halogens is 1. The van der Waals surface area contributed by atoms with Gasteiger partial charge in [0.1, 0.15) is 23.4 Å². The minimum Gasteiger partial charge on any atom is -0.497 e. The Bertz CT molecular complexity index is 694. The summed E-state index contributed by atoms with van der Waals surface area (Å²) in [5.74, 6) is 2.69. The van der Waals surface area contributed by atoms with Gasteiger partial charge in [0.15, 0.2) is 0 Å². The Labute approximate surface area is 141 Å². The number of oxazole rings is 1. The van der Waals surface area contributed by atoms with Gasteiger partial charge in [0, 0.05) is 19.6 Å². The number of piperidine rings is 1. The number of nitrogens with zero attached hydrogens (tertiary/aromatic N) is 2. The molecule has 0 saturated carbocycles. The third-order valence-corrected chi connectivity index (χ3v) is 4.42. The maximum absolute atomic E-state index is 13.3. The van der Waals surface area contributed by atoms with Gasteiger partial charge in [-0.25, -0.2) is 9.37 Å². The van der Waals surface area contributed by atoms with Crippen molar-refractivity contribution in [1.29, 1.82) is 0 Å². The van der Waals surface area contributed by atoms with Gasteiger partial charge in [-0.3, -0.25) is 4.90 Å². The molecule has 1 aliphatic rings. The second-order valence-corrected chi connectivity index (χ2v) is 6.04. The van der Waals surface area contributed by atoms with E-state index in [1.807, 2.05) is 25.1 Å². The normalized spacial score (nSPS) is 16.3. The molecule has 2 heterocycles. The zero-order valence-electron chi connectivity index (χ0n) is 14.3. The van der Waals surface area contributed by atoms with Gasteiger partial charge in [-0.15, -0.1) is 0 Å². The molecule has 6 heteroatoms. The second kappa shape index (κ2) is 7.21. The molecule has 0 atom stereocenters. The van der Waals surface area contributed by atoms with Crippen molar-refractivity contribution in [3.05, 3.63) is 29.7 Å². The molecular weight excluding hydrogens is 311 g/mol. The number of alkyl halides is 1.